The van der Waals surface area contributed by atoms with Gasteiger partial charge in [0.1, 0.15) is 4.75 Å². The van der Waals surface area contributed by atoms with Crippen LogP contribution in [0.3, 0.4) is 0 Å². The second-order valence-electron chi connectivity index (χ2n) is 5.85. The van der Waals surface area contributed by atoms with Crippen molar-refractivity contribution in [3.8, 4) is 0 Å². The summed E-state index contributed by atoms with van der Waals surface area (Å²) >= 11 is 0.816. The van der Waals surface area contributed by atoms with Gasteiger partial charge in [-0.1, -0.05) is 30.3 Å². The van der Waals surface area contributed by atoms with E-state index in [0.29, 0.717) is 5.56 Å². The SMILES string of the molecule is CC(SCCNS(=O)(=O)c1c(F)c(F)c(F)c(F)c1F)(C(=O)O)c1ccccc1. The Kier molecular flexibility index (Phi) is 6.91. The average molecular weight is 455 g/mol. The number of carboxylic acids is 1. The fraction of sp³-hybridized carbons (Fsp3) is 0.235. The van der Waals surface area contributed by atoms with Crippen LogP contribution in [-0.2, 0) is 19.6 Å². The minimum atomic E-state index is -5.09. The highest BCUT2D eigenvalue weighted by Crippen LogP contribution is 2.36. The van der Waals surface area contributed by atoms with Gasteiger partial charge in [-0.2, -0.15) is 0 Å². The second-order valence-corrected chi connectivity index (χ2v) is 9.07. The molecule has 0 aliphatic heterocycles. The lowest BCUT2D eigenvalue weighted by atomic mass is 10.0. The van der Waals surface area contributed by atoms with Crippen LogP contribution >= 0.6 is 11.8 Å². The fourth-order valence-corrected chi connectivity index (χ4v) is 4.68. The summed E-state index contributed by atoms with van der Waals surface area (Å²) in [5.41, 5.74) is 0.417. The lowest BCUT2D eigenvalue weighted by molar-refractivity contribution is -0.139. The van der Waals surface area contributed by atoms with Gasteiger partial charge in [-0.25, -0.2) is 35.1 Å². The van der Waals surface area contributed by atoms with Crippen LogP contribution in [0.15, 0.2) is 35.2 Å². The largest absolute Gasteiger partial charge is 0.480 e. The quantitative estimate of drug-likeness (QED) is 0.276. The topological polar surface area (TPSA) is 83.5 Å². The maximum atomic E-state index is 13.7. The minimum Gasteiger partial charge on any atom is -0.480 e. The van der Waals surface area contributed by atoms with Gasteiger partial charge >= 0.3 is 5.97 Å². The molecule has 12 heteroatoms. The monoisotopic (exact) mass is 455 g/mol. The number of hydrogen-bond donors (Lipinski definition) is 2. The van der Waals surface area contributed by atoms with Crippen LogP contribution in [0, 0.1) is 29.1 Å². The zero-order valence-corrected chi connectivity index (χ0v) is 16.3. The zero-order chi connectivity index (χ0) is 22.0. The molecule has 158 valence electrons. The Bertz CT molecular complexity index is 1000. The number of carbonyl (C=O) groups is 1. The van der Waals surface area contributed by atoms with Crippen molar-refractivity contribution in [3.63, 3.8) is 0 Å². The highest BCUT2D eigenvalue weighted by atomic mass is 32.2. The number of sulfonamides is 1. The zero-order valence-electron chi connectivity index (χ0n) is 14.7. The summed E-state index contributed by atoms with van der Waals surface area (Å²) in [6.07, 6.45) is 0. The van der Waals surface area contributed by atoms with E-state index in [4.69, 9.17) is 0 Å². The van der Waals surface area contributed by atoms with Gasteiger partial charge in [-0.05, 0) is 12.5 Å². The van der Waals surface area contributed by atoms with E-state index >= 15 is 0 Å². The molecular formula is C17H14F5NO4S2. The molecule has 5 nitrogen and oxygen atoms in total. The van der Waals surface area contributed by atoms with Gasteiger partial charge in [0, 0.05) is 12.3 Å². The molecule has 2 aromatic rings. The normalized spacial score (nSPS) is 13.9. The maximum absolute atomic E-state index is 13.7. The van der Waals surface area contributed by atoms with Crippen molar-refractivity contribution < 1.29 is 40.3 Å². The Morgan fingerprint density at radius 1 is 1.00 bits per heavy atom. The predicted molar refractivity (Wildman–Crippen MR) is 95.3 cm³/mol. The third-order valence-electron chi connectivity index (χ3n) is 3.96. The van der Waals surface area contributed by atoms with Crippen LogP contribution in [0.2, 0.25) is 0 Å². The lowest BCUT2D eigenvalue weighted by Crippen LogP contribution is -2.32. The van der Waals surface area contributed by atoms with Gasteiger partial charge in [-0.3, -0.25) is 4.79 Å². The summed E-state index contributed by atoms with van der Waals surface area (Å²) in [6.45, 7) is 0.857. The molecule has 2 aromatic carbocycles. The first kappa shape index (κ1) is 23.1. The van der Waals surface area contributed by atoms with Gasteiger partial charge in [0.05, 0.1) is 0 Å². The molecule has 0 spiro atoms. The third kappa shape index (κ3) is 4.54. The number of hydrogen-bond acceptors (Lipinski definition) is 4. The van der Waals surface area contributed by atoms with E-state index in [9.17, 15) is 40.3 Å². The van der Waals surface area contributed by atoms with Gasteiger partial charge in [-0.15, -0.1) is 11.8 Å². The summed E-state index contributed by atoms with van der Waals surface area (Å²) in [6, 6.07) is 8.01. The summed E-state index contributed by atoms with van der Waals surface area (Å²) in [7, 11) is -5.09. The molecule has 0 saturated carbocycles. The Morgan fingerprint density at radius 3 is 1.97 bits per heavy atom. The van der Waals surface area contributed by atoms with E-state index in [1.807, 2.05) is 0 Å². The Balaban J connectivity index is 2.17. The van der Waals surface area contributed by atoms with Crippen molar-refractivity contribution in [3.05, 3.63) is 65.0 Å². The molecule has 0 aliphatic carbocycles. The van der Waals surface area contributed by atoms with Gasteiger partial charge < -0.3 is 5.11 Å². The summed E-state index contributed by atoms with van der Waals surface area (Å²) in [5, 5.41) is 9.51. The van der Waals surface area contributed by atoms with Crippen molar-refractivity contribution >= 4 is 27.8 Å². The first-order valence-corrected chi connectivity index (χ1v) is 10.3. The van der Waals surface area contributed by atoms with Crippen LogP contribution in [-0.4, -0.2) is 31.8 Å². The Labute approximate surface area is 167 Å². The minimum absolute atomic E-state index is 0.174. The first-order chi connectivity index (χ1) is 13.4. The Hall–Kier alpha value is -2.18. The van der Waals surface area contributed by atoms with Gasteiger partial charge in [0.2, 0.25) is 15.8 Å². The molecule has 1 atom stereocenters. The number of halogens is 5. The molecule has 0 radical (unpaired) electrons. The molecular weight excluding hydrogens is 441 g/mol. The van der Waals surface area contributed by atoms with Gasteiger partial charge in [0.15, 0.2) is 28.2 Å². The van der Waals surface area contributed by atoms with Crippen molar-refractivity contribution in [1.29, 1.82) is 0 Å². The fourth-order valence-electron chi connectivity index (χ4n) is 2.35. The number of aliphatic carboxylic acids is 1. The number of thioether (sulfide) groups is 1. The third-order valence-corrected chi connectivity index (χ3v) is 6.83. The standard InChI is InChI=1S/C17H14F5NO4S2/c1-17(16(24)25,9-5-3-2-4-6-9)28-8-7-23-29(26,27)15-13(21)11(19)10(18)12(20)14(15)22/h2-6,23H,7-8H2,1H3,(H,24,25). The van der Waals surface area contributed by atoms with Crippen molar-refractivity contribution in [2.75, 3.05) is 12.3 Å². The second kappa shape index (κ2) is 8.67. The number of benzene rings is 2. The van der Waals surface area contributed by atoms with E-state index in [2.05, 4.69) is 0 Å². The van der Waals surface area contributed by atoms with Crippen LogP contribution in [0.5, 0.6) is 0 Å². The summed E-state index contributed by atoms with van der Waals surface area (Å²) in [5.74, 6) is -13.6. The highest BCUT2D eigenvalue weighted by Gasteiger charge is 2.36. The van der Waals surface area contributed by atoms with Crippen molar-refractivity contribution in [2.45, 2.75) is 16.6 Å². The summed E-state index contributed by atoms with van der Waals surface area (Å²) in [4.78, 5) is 9.66. The number of carboxylic acid groups (broad SMARTS) is 1. The molecule has 2 rings (SSSR count). The van der Waals surface area contributed by atoms with Crippen LogP contribution < -0.4 is 4.72 Å². The van der Waals surface area contributed by atoms with Crippen LogP contribution in [0.25, 0.3) is 0 Å². The summed E-state index contributed by atoms with van der Waals surface area (Å²) < 4.78 is 91.3. The van der Waals surface area contributed by atoms with Gasteiger partial charge in [0.25, 0.3) is 0 Å². The van der Waals surface area contributed by atoms with Crippen molar-refractivity contribution in [1.82, 2.24) is 4.72 Å². The molecule has 1 unspecified atom stereocenters. The molecule has 0 fully saturated rings. The molecule has 0 bridgehead atoms. The van der Waals surface area contributed by atoms with E-state index in [1.165, 1.54) is 6.92 Å². The van der Waals surface area contributed by atoms with Crippen molar-refractivity contribution in [2.24, 2.45) is 0 Å². The number of rotatable bonds is 8. The maximum Gasteiger partial charge on any atom is 0.324 e. The lowest BCUT2D eigenvalue weighted by Gasteiger charge is -2.24. The molecule has 0 saturated heterocycles. The van der Waals surface area contributed by atoms with E-state index in [1.54, 1.807) is 35.1 Å². The Morgan fingerprint density at radius 2 is 1.48 bits per heavy atom. The molecule has 0 aromatic heterocycles. The van der Waals surface area contributed by atoms with Crippen LogP contribution in [0.1, 0.15) is 12.5 Å². The molecule has 2 N–H and O–H groups in total. The van der Waals surface area contributed by atoms with E-state index < -0.39 is 61.3 Å². The first-order valence-electron chi connectivity index (χ1n) is 7.87. The predicted octanol–water partition coefficient (Wildman–Crippen LogP) is 3.39. The number of nitrogens with one attached hydrogen (secondary N) is 1. The van der Waals surface area contributed by atoms with E-state index in [-0.39, 0.29) is 5.75 Å². The van der Waals surface area contributed by atoms with E-state index in [0.717, 1.165) is 11.8 Å². The smallest absolute Gasteiger partial charge is 0.324 e. The average Bonchev–Trinajstić information content (AvgIpc) is 2.68. The highest BCUT2D eigenvalue weighted by molar-refractivity contribution is 8.01. The molecule has 0 amide bonds. The molecule has 0 aliphatic rings. The molecule has 0 heterocycles. The molecule has 29 heavy (non-hydrogen) atoms. The van der Waals surface area contributed by atoms with Crippen LogP contribution in [0.4, 0.5) is 22.0 Å².